The molecule has 5 unspecified atom stereocenters. The van der Waals surface area contributed by atoms with Crippen molar-refractivity contribution in [1.82, 2.24) is 15.5 Å². The fraction of sp³-hybridized carbons (Fsp3) is 0.882. The lowest BCUT2D eigenvalue weighted by atomic mass is 10.1. The molecule has 3 aliphatic heterocycles. The van der Waals surface area contributed by atoms with Gasteiger partial charge in [-0.15, -0.1) is 0 Å². The molecule has 0 aliphatic carbocycles. The highest BCUT2D eigenvalue weighted by atomic mass is 32.2. The number of nitrogens with zero attached hydrogens (tertiary/aromatic N) is 1. The number of aliphatic hydroxyl groups is 1. The smallest absolute Gasteiger partial charge is 0.315 e. The summed E-state index contributed by atoms with van der Waals surface area (Å²) in [5.41, 5.74) is 0. The summed E-state index contributed by atoms with van der Waals surface area (Å²) in [6.07, 6.45) is -2.04. The summed E-state index contributed by atoms with van der Waals surface area (Å²) in [5, 5.41) is 15.8. The Labute approximate surface area is 164 Å². The van der Waals surface area contributed by atoms with Gasteiger partial charge in [-0.2, -0.15) is 0 Å². The van der Waals surface area contributed by atoms with Crippen molar-refractivity contribution in [2.45, 2.75) is 63.3 Å². The molecule has 3 amide bonds. The van der Waals surface area contributed by atoms with Crippen LogP contribution in [0.3, 0.4) is 0 Å². The number of ether oxygens (including phenoxy) is 2. The fourth-order valence-electron chi connectivity index (χ4n) is 3.80. The van der Waals surface area contributed by atoms with Gasteiger partial charge in [-0.25, -0.2) is 13.2 Å². The SMILES string of the molecule is CC(C)NC(=O)NCC1OC2CC(CC(=O)N3CCS(=O)(=O)CC3)OC2C1O. The first-order chi connectivity index (χ1) is 13.1. The van der Waals surface area contributed by atoms with Crippen molar-refractivity contribution in [3.05, 3.63) is 0 Å². The van der Waals surface area contributed by atoms with E-state index >= 15 is 0 Å². The van der Waals surface area contributed by atoms with Crippen LogP contribution in [0, 0.1) is 0 Å². The zero-order valence-electron chi connectivity index (χ0n) is 16.2. The van der Waals surface area contributed by atoms with E-state index in [1.165, 1.54) is 0 Å². The molecule has 3 aliphatic rings. The van der Waals surface area contributed by atoms with Crippen LogP contribution in [0.2, 0.25) is 0 Å². The van der Waals surface area contributed by atoms with Crippen LogP contribution in [0.15, 0.2) is 0 Å². The quantitative estimate of drug-likeness (QED) is 0.500. The number of nitrogens with one attached hydrogen (secondary N) is 2. The highest BCUT2D eigenvalue weighted by Crippen LogP contribution is 2.35. The molecule has 0 aromatic carbocycles. The van der Waals surface area contributed by atoms with Crippen molar-refractivity contribution in [1.29, 1.82) is 0 Å². The fourth-order valence-corrected chi connectivity index (χ4v) is 5.00. The topological polar surface area (TPSA) is 134 Å². The van der Waals surface area contributed by atoms with E-state index in [1.807, 2.05) is 13.8 Å². The van der Waals surface area contributed by atoms with Gasteiger partial charge in [0.05, 0.1) is 30.1 Å². The third kappa shape index (κ3) is 5.13. The Morgan fingerprint density at radius 2 is 1.89 bits per heavy atom. The van der Waals surface area contributed by atoms with Gasteiger partial charge in [-0.05, 0) is 13.8 Å². The number of fused-ring (bicyclic) bond motifs is 1. The van der Waals surface area contributed by atoms with Crippen molar-refractivity contribution >= 4 is 21.8 Å². The van der Waals surface area contributed by atoms with Gasteiger partial charge in [0, 0.05) is 32.1 Å². The van der Waals surface area contributed by atoms with Crippen LogP contribution < -0.4 is 10.6 Å². The summed E-state index contributed by atoms with van der Waals surface area (Å²) < 4.78 is 34.6. The monoisotopic (exact) mass is 419 g/mol. The minimum atomic E-state index is -3.03. The Kier molecular flexibility index (Phi) is 6.47. The molecular formula is C17H29N3O7S. The van der Waals surface area contributed by atoms with E-state index in [0.29, 0.717) is 6.42 Å². The Hall–Kier alpha value is -1.43. The first-order valence-corrected chi connectivity index (χ1v) is 11.5. The molecule has 0 spiro atoms. The van der Waals surface area contributed by atoms with Gasteiger partial charge in [0.1, 0.15) is 18.3 Å². The van der Waals surface area contributed by atoms with E-state index in [4.69, 9.17) is 9.47 Å². The van der Waals surface area contributed by atoms with E-state index in [0.717, 1.165) is 0 Å². The van der Waals surface area contributed by atoms with Gasteiger partial charge in [0.25, 0.3) is 0 Å². The van der Waals surface area contributed by atoms with Gasteiger partial charge < -0.3 is 30.1 Å². The van der Waals surface area contributed by atoms with Gasteiger partial charge >= 0.3 is 6.03 Å². The minimum absolute atomic E-state index is 0.00357. The van der Waals surface area contributed by atoms with Crippen molar-refractivity contribution in [2.75, 3.05) is 31.1 Å². The number of hydrogen-bond acceptors (Lipinski definition) is 7. The normalized spacial score (nSPS) is 34.3. The predicted molar refractivity (Wildman–Crippen MR) is 99.5 cm³/mol. The number of hydrogen-bond donors (Lipinski definition) is 3. The van der Waals surface area contributed by atoms with E-state index < -0.39 is 28.1 Å². The number of amides is 3. The highest BCUT2D eigenvalue weighted by Gasteiger charge is 2.50. The lowest BCUT2D eigenvalue weighted by molar-refractivity contribution is -0.134. The summed E-state index contributed by atoms with van der Waals surface area (Å²) in [5.74, 6) is -0.148. The zero-order chi connectivity index (χ0) is 20.5. The van der Waals surface area contributed by atoms with E-state index in [9.17, 15) is 23.1 Å². The number of carbonyl (C=O) groups is 2. The van der Waals surface area contributed by atoms with Crippen LogP contribution in [0.1, 0.15) is 26.7 Å². The number of carbonyl (C=O) groups excluding carboxylic acids is 2. The zero-order valence-corrected chi connectivity index (χ0v) is 17.0. The largest absolute Gasteiger partial charge is 0.388 e. The van der Waals surface area contributed by atoms with Crippen LogP contribution >= 0.6 is 0 Å². The third-order valence-electron chi connectivity index (χ3n) is 5.26. The maximum Gasteiger partial charge on any atom is 0.315 e. The molecule has 3 heterocycles. The second kappa shape index (κ2) is 8.52. The summed E-state index contributed by atoms with van der Waals surface area (Å²) in [6.45, 7) is 4.30. The van der Waals surface area contributed by atoms with Gasteiger partial charge in [-0.3, -0.25) is 4.79 Å². The molecule has 3 rings (SSSR count). The molecule has 0 radical (unpaired) electrons. The molecule has 11 heteroatoms. The number of urea groups is 1. The Morgan fingerprint density at radius 3 is 2.50 bits per heavy atom. The Bertz CT molecular complexity index is 685. The van der Waals surface area contributed by atoms with Crippen LogP contribution in [0.5, 0.6) is 0 Å². The maximum atomic E-state index is 12.4. The van der Waals surface area contributed by atoms with Crippen LogP contribution in [0.25, 0.3) is 0 Å². The molecule has 28 heavy (non-hydrogen) atoms. The lowest BCUT2D eigenvalue weighted by Crippen LogP contribution is -2.46. The predicted octanol–water partition coefficient (Wildman–Crippen LogP) is -1.37. The molecule has 10 nitrogen and oxygen atoms in total. The maximum absolute atomic E-state index is 12.4. The highest BCUT2D eigenvalue weighted by molar-refractivity contribution is 7.91. The van der Waals surface area contributed by atoms with E-state index in [1.54, 1.807) is 4.90 Å². The first-order valence-electron chi connectivity index (χ1n) is 9.66. The molecule has 3 saturated heterocycles. The van der Waals surface area contributed by atoms with Crippen LogP contribution in [0.4, 0.5) is 4.79 Å². The molecule has 0 saturated carbocycles. The van der Waals surface area contributed by atoms with Crippen LogP contribution in [-0.2, 0) is 24.1 Å². The summed E-state index contributed by atoms with van der Waals surface area (Å²) in [4.78, 5) is 25.6. The minimum Gasteiger partial charge on any atom is -0.388 e. The molecule has 160 valence electrons. The van der Waals surface area contributed by atoms with Crippen molar-refractivity contribution in [2.24, 2.45) is 0 Å². The summed E-state index contributed by atoms with van der Waals surface area (Å²) in [6, 6.07) is -0.314. The van der Waals surface area contributed by atoms with Crippen molar-refractivity contribution in [3.8, 4) is 0 Å². The van der Waals surface area contributed by atoms with Gasteiger partial charge in [-0.1, -0.05) is 0 Å². The summed E-state index contributed by atoms with van der Waals surface area (Å²) in [7, 11) is -3.03. The second-order valence-electron chi connectivity index (χ2n) is 7.91. The van der Waals surface area contributed by atoms with Crippen LogP contribution in [-0.4, -0.2) is 98.1 Å². The number of rotatable bonds is 5. The summed E-state index contributed by atoms with van der Waals surface area (Å²) >= 11 is 0. The Morgan fingerprint density at radius 1 is 1.21 bits per heavy atom. The number of sulfone groups is 1. The first kappa shape index (κ1) is 21.3. The molecule has 0 bridgehead atoms. The molecule has 3 fully saturated rings. The molecule has 0 aromatic heterocycles. The molecule has 0 aromatic rings. The lowest BCUT2D eigenvalue weighted by Gasteiger charge is -2.28. The Balaban J connectivity index is 1.43. The third-order valence-corrected chi connectivity index (χ3v) is 6.87. The molecule has 5 atom stereocenters. The van der Waals surface area contributed by atoms with Gasteiger partial charge in [0.15, 0.2) is 9.84 Å². The molecular weight excluding hydrogens is 390 g/mol. The number of aliphatic hydroxyl groups excluding tert-OH is 1. The average Bonchev–Trinajstić information content (AvgIpc) is 3.11. The van der Waals surface area contributed by atoms with Crippen molar-refractivity contribution in [3.63, 3.8) is 0 Å². The van der Waals surface area contributed by atoms with E-state index in [2.05, 4.69) is 10.6 Å². The van der Waals surface area contributed by atoms with Crippen molar-refractivity contribution < 1.29 is 32.6 Å². The molecule has 3 N–H and O–H groups in total. The second-order valence-corrected chi connectivity index (χ2v) is 10.2. The standard InChI is InChI=1S/C17H29N3O7S/c1-10(2)19-17(23)18-9-13-15(22)16-12(27-13)7-11(26-16)8-14(21)20-3-5-28(24,25)6-4-20/h10-13,15-16,22H,3-9H2,1-2H3,(H2,18,19,23). The average molecular weight is 420 g/mol. The van der Waals surface area contributed by atoms with Gasteiger partial charge in [0.2, 0.25) is 5.91 Å². The van der Waals surface area contributed by atoms with E-state index in [-0.39, 0.29) is 67.7 Å².